The van der Waals surface area contributed by atoms with Crippen molar-refractivity contribution in [2.24, 2.45) is 5.41 Å². The first-order chi connectivity index (χ1) is 25.0. The summed E-state index contributed by atoms with van der Waals surface area (Å²) in [5.74, 6) is 1.59. The number of aromatic amines is 1. The number of hydrogen-bond donors (Lipinski definition) is 2. The lowest BCUT2D eigenvalue weighted by Gasteiger charge is -2.53. The van der Waals surface area contributed by atoms with Crippen LogP contribution in [0.3, 0.4) is 0 Å². The molecule has 2 amide bonds. The molecule has 11 heteroatoms. The van der Waals surface area contributed by atoms with Crippen molar-refractivity contribution in [3.8, 4) is 27.0 Å². The fourth-order valence-electron chi connectivity index (χ4n) is 7.54. The van der Waals surface area contributed by atoms with Gasteiger partial charge in [-0.05, 0) is 79.4 Å². The van der Waals surface area contributed by atoms with Crippen LogP contribution >= 0.6 is 11.3 Å². The Hall–Kier alpha value is -5.52. The van der Waals surface area contributed by atoms with Crippen molar-refractivity contribution in [2.45, 2.75) is 19.3 Å². The number of carbonyl (C=O) groups is 2. The Morgan fingerprint density at radius 1 is 0.941 bits per heavy atom. The van der Waals surface area contributed by atoms with E-state index < -0.39 is 0 Å². The van der Waals surface area contributed by atoms with Gasteiger partial charge in [-0.3, -0.25) is 9.59 Å². The lowest BCUT2D eigenvalue weighted by molar-refractivity contribution is -0.000539. The zero-order valence-corrected chi connectivity index (χ0v) is 29.0. The van der Waals surface area contributed by atoms with Gasteiger partial charge in [0.1, 0.15) is 11.6 Å². The molecule has 3 aliphatic rings. The van der Waals surface area contributed by atoms with E-state index in [1.165, 1.54) is 5.56 Å². The van der Waals surface area contributed by atoms with Crippen LogP contribution in [-0.2, 0) is 11.2 Å². The fraction of sp³-hybridized carbons (Fsp3) is 0.250. The molecule has 0 saturated carbocycles. The molecule has 3 aliphatic heterocycles. The quantitative estimate of drug-likeness (QED) is 0.186. The van der Waals surface area contributed by atoms with Gasteiger partial charge in [0.15, 0.2) is 0 Å². The molecular formula is C40H36N6O4S. The number of benzene rings is 3. The fourth-order valence-corrected chi connectivity index (χ4v) is 8.73. The van der Waals surface area contributed by atoms with Crippen molar-refractivity contribution in [3.63, 3.8) is 0 Å². The third-order valence-corrected chi connectivity index (χ3v) is 11.5. The van der Waals surface area contributed by atoms with E-state index in [0.29, 0.717) is 41.5 Å². The topological polar surface area (TPSA) is 113 Å². The number of para-hydroxylation sites is 3. The molecule has 1 spiro atoms. The Morgan fingerprint density at radius 2 is 1.73 bits per heavy atom. The number of methoxy groups -OCH3 is 1. The van der Waals surface area contributed by atoms with Crippen molar-refractivity contribution in [2.75, 3.05) is 55.1 Å². The molecule has 0 atom stereocenters. The molecule has 0 bridgehead atoms. The van der Waals surface area contributed by atoms with Gasteiger partial charge >= 0.3 is 0 Å². The minimum atomic E-state index is -0.262. The summed E-state index contributed by atoms with van der Waals surface area (Å²) in [4.78, 5) is 46.9. The Kier molecular flexibility index (Phi) is 7.81. The molecule has 3 aromatic heterocycles. The summed E-state index contributed by atoms with van der Waals surface area (Å²) in [6, 6.07) is 28.9. The number of rotatable bonds is 6. The number of imidazole rings is 1. The number of ether oxygens (including phenoxy) is 2. The van der Waals surface area contributed by atoms with Gasteiger partial charge in [0.25, 0.3) is 11.8 Å². The normalized spacial score (nSPS) is 16.3. The number of H-pyrrole nitrogens is 1. The third-order valence-electron chi connectivity index (χ3n) is 10.3. The van der Waals surface area contributed by atoms with E-state index in [-0.39, 0.29) is 17.2 Å². The molecule has 0 radical (unpaired) electrons. The van der Waals surface area contributed by atoms with Crippen molar-refractivity contribution < 1.29 is 19.1 Å². The van der Waals surface area contributed by atoms with Crippen LogP contribution in [0, 0.1) is 5.41 Å². The number of anilines is 3. The highest BCUT2D eigenvalue weighted by atomic mass is 32.1. The molecule has 0 unspecified atom stereocenters. The summed E-state index contributed by atoms with van der Waals surface area (Å²) >= 11 is 1.70. The monoisotopic (exact) mass is 696 g/mol. The summed E-state index contributed by atoms with van der Waals surface area (Å²) in [5.41, 5.74) is 6.91. The number of nitrogens with zero attached hydrogens (tertiary/aromatic N) is 4. The van der Waals surface area contributed by atoms with Gasteiger partial charge in [-0.25, -0.2) is 4.98 Å². The van der Waals surface area contributed by atoms with Crippen molar-refractivity contribution in [1.29, 1.82) is 0 Å². The minimum Gasteiger partial charge on any atom is -0.481 e. The summed E-state index contributed by atoms with van der Waals surface area (Å²) in [6.07, 6.45) is 2.75. The van der Waals surface area contributed by atoms with Crippen LogP contribution in [0.1, 0.15) is 39.1 Å². The molecule has 6 heterocycles. The van der Waals surface area contributed by atoms with Crippen molar-refractivity contribution in [3.05, 3.63) is 108 Å². The molecule has 3 aromatic carbocycles. The number of nitrogens with one attached hydrogen (secondary N) is 2. The van der Waals surface area contributed by atoms with E-state index in [1.54, 1.807) is 54.8 Å². The average Bonchev–Trinajstić information content (AvgIpc) is 3.76. The molecule has 6 aromatic rings. The number of aromatic nitrogens is 3. The molecule has 10 nitrogen and oxygen atoms in total. The Balaban J connectivity index is 0.927. The van der Waals surface area contributed by atoms with Crippen LogP contribution in [0.5, 0.6) is 5.88 Å². The van der Waals surface area contributed by atoms with E-state index in [9.17, 15) is 9.59 Å². The summed E-state index contributed by atoms with van der Waals surface area (Å²) in [6.45, 7) is 3.76. The smallest absolute Gasteiger partial charge is 0.259 e. The maximum Gasteiger partial charge on any atom is 0.259 e. The molecule has 2 saturated heterocycles. The van der Waals surface area contributed by atoms with Gasteiger partial charge in [0, 0.05) is 66.0 Å². The molecule has 0 aliphatic carbocycles. The molecule has 9 rings (SSSR count). The number of carbonyl (C=O) groups excluding carboxylic acids is 2. The van der Waals surface area contributed by atoms with Crippen LogP contribution in [0.4, 0.5) is 17.2 Å². The Morgan fingerprint density at radius 3 is 2.53 bits per heavy atom. The highest BCUT2D eigenvalue weighted by Gasteiger charge is 2.45. The maximum absolute atomic E-state index is 14.1. The first-order valence-electron chi connectivity index (χ1n) is 17.3. The minimum absolute atomic E-state index is 0.0885. The number of fused-ring (bicyclic) bond motifs is 4. The van der Waals surface area contributed by atoms with Crippen LogP contribution in [0.2, 0.25) is 0 Å². The zero-order valence-electron chi connectivity index (χ0n) is 28.1. The second-order valence-corrected chi connectivity index (χ2v) is 14.6. The lowest BCUT2D eigenvalue weighted by atomic mass is 9.73. The number of thiophene rings is 1. The van der Waals surface area contributed by atoms with Gasteiger partial charge < -0.3 is 29.6 Å². The predicted octanol–water partition coefficient (Wildman–Crippen LogP) is 7.43. The third kappa shape index (κ3) is 5.72. The van der Waals surface area contributed by atoms with E-state index in [4.69, 9.17) is 14.5 Å². The molecule has 51 heavy (non-hydrogen) atoms. The van der Waals surface area contributed by atoms with Crippen LogP contribution in [0.25, 0.3) is 32.2 Å². The van der Waals surface area contributed by atoms with E-state index >= 15 is 0 Å². The first kappa shape index (κ1) is 31.5. The second kappa shape index (κ2) is 12.7. The van der Waals surface area contributed by atoms with Gasteiger partial charge in [0.2, 0.25) is 5.88 Å². The van der Waals surface area contributed by atoms with Crippen molar-refractivity contribution in [1.82, 2.24) is 15.0 Å². The highest BCUT2D eigenvalue weighted by molar-refractivity contribution is 7.19. The zero-order chi connectivity index (χ0) is 34.5. The van der Waals surface area contributed by atoms with Crippen LogP contribution in [0.15, 0.2) is 91.0 Å². The van der Waals surface area contributed by atoms with E-state index in [0.717, 1.165) is 77.0 Å². The van der Waals surface area contributed by atoms with Gasteiger partial charge in [0.05, 0.1) is 34.3 Å². The summed E-state index contributed by atoms with van der Waals surface area (Å²) < 4.78 is 11.0. The van der Waals surface area contributed by atoms with E-state index in [2.05, 4.69) is 32.3 Å². The molecule has 2 N–H and O–H groups in total. The number of hydrogen-bond acceptors (Lipinski definition) is 8. The lowest BCUT2D eigenvalue weighted by Crippen LogP contribution is -2.59. The first-order valence-corrected chi connectivity index (χ1v) is 18.1. The molecular weight excluding hydrogens is 661 g/mol. The van der Waals surface area contributed by atoms with Gasteiger partial charge in [-0.1, -0.05) is 30.3 Å². The summed E-state index contributed by atoms with van der Waals surface area (Å²) in [7, 11) is 1.58. The standard InChI is InChI=1S/C40H36N6O4S/c1-49-34-15-14-29(37(44-34)45-23-40(24-45)17-20-50-21-18-40)38(47)41-27-12-10-25(11-13-27)39(48)46-19-16-26-22-33(36-42-30-7-3-4-8-31(30)43-36)51-35(26)28-6-2-5-9-32(28)46/h2-15,22H,16-21,23-24H2,1H3,(H,41,47)(H,42,43). The largest absolute Gasteiger partial charge is 0.481 e. The van der Waals surface area contributed by atoms with Crippen LogP contribution < -0.4 is 19.9 Å². The molecule has 2 fully saturated rings. The Bertz CT molecular complexity index is 2250. The predicted molar refractivity (Wildman–Crippen MR) is 200 cm³/mol. The van der Waals surface area contributed by atoms with Crippen molar-refractivity contribution >= 4 is 51.4 Å². The van der Waals surface area contributed by atoms with Gasteiger partial charge in [-0.2, -0.15) is 4.98 Å². The number of pyridine rings is 1. The summed E-state index contributed by atoms with van der Waals surface area (Å²) in [5, 5.41) is 3.02. The average molecular weight is 697 g/mol. The second-order valence-electron chi connectivity index (χ2n) is 13.5. The van der Waals surface area contributed by atoms with Gasteiger partial charge in [-0.15, -0.1) is 11.3 Å². The van der Waals surface area contributed by atoms with Crippen LogP contribution in [-0.4, -0.2) is 66.7 Å². The highest BCUT2D eigenvalue weighted by Crippen LogP contribution is 2.45. The Labute approximate surface area is 299 Å². The molecule has 256 valence electrons. The maximum atomic E-state index is 14.1. The van der Waals surface area contributed by atoms with E-state index in [1.807, 2.05) is 47.4 Å². The SMILES string of the molecule is COc1ccc(C(=O)Nc2ccc(C(=O)N3CCc4cc(-c5nc6ccccc6[nH]5)sc4-c4ccccc43)cc2)c(N2CC3(CCOCC3)C2)n1. The number of amides is 2.